The molecular formula is C32H39ClN6O5S2. The molecule has 3 aromatic rings. The Morgan fingerprint density at radius 1 is 1.02 bits per heavy atom. The summed E-state index contributed by atoms with van der Waals surface area (Å²) in [5.74, 6) is -0.488. The zero-order valence-corrected chi connectivity index (χ0v) is 28.1. The summed E-state index contributed by atoms with van der Waals surface area (Å²) in [6, 6.07) is 15.2. The van der Waals surface area contributed by atoms with E-state index in [4.69, 9.17) is 11.6 Å². The highest BCUT2D eigenvalue weighted by Crippen LogP contribution is 2.31. The number of nitrogens with zero attached hydrogens (tertiary/aromatic N) is 4. The van der Waals surface area contributed by atoms with Crippen molar-refractivity contribution < 1.29 is 22.8 Å². The van der Waals surface area contributed by atoms with Gasteiger partial charge in [-0.15, -0.1) is 11.3 Å². The molecule has 0 spiro atoms. The average molecular weight is 687 g/mol. The Labute approximate surface area is 278 Å². The van der Waals surface area contributed by atoms with Crippen LogP contribution in [0, 0.1) is 0 Å². The van der Waals surface area contributed by atoms with Crippen LogP contribution >= 0.6 is 22.9 Å². The molecule has 0 aliphatic carbocycles. The Bertz CT molecular complexity index is 1700. The third-order valence-electron chi connectivity index (χ3n) is 9.18. The van der Waals surface area contributed by atoms with E-state index in [-0.39, 0.29) is 40.7 Å². The number of hydrogen-bond acceptors (Lipinski definition) is 7. The topological polar surface area (TPSA) is 122 Å². The van der Waals surface area contributed by atoms with Gasteiger partial charge in [-0.3, -0.25) is 14.5 Å². The molecule has 1 unspecified atom stereocenters. The molecule has 3 saturated heterocycles. The lowest BCUT2D eigenvalue weighted by Gasteiger charge is -2.35. The molecule has 11 nitrogen and oxygen atoms in total. The van der Waals surface area contributed by atoms with Gasteiger partial charge in [-0.2, -0.15) is 4.72 Å². The van der Waals surface area contributed by atoms with Crippen molar-refractivity contribution in [2.45, 2.75) is 54.4 Å². The molecule has 3 aliphatic rings. The van der Waals surface area contributed by atoms with E-state index in [1.165, 1.54) is 4.90 Å². The largest absolute Gasteiger partial charge is 0.337 e. The first-order valence-corrected chi connectivity index (χ1v) is 18.4. The van der Waals surface area contributed by atoms with Crippen molar-refractivity contribution in [3.05, 3.63) is 59.6 Å². The Morgan fingerprint density at radius 3 is 2.61 bits per heavy atom. The SMILES string of the molecule is CN(C(=O)Nc1ccccc1)C1CCN(C[C@@H]2CCCN2C(=O)CN2CCC[C@H](NS(=O)(=O)c3cc4cc(Cl)ccc4s3)C2=O)C1. The van der Waals surface area contributed by atoms with Crippen LogP contribution in [0.2, 0.25) is 5.02 Å². The van der Waals surface area contributed by atoms with Gasteiger partial charge in [-0.05, 0) is 73.9 Å². The summed E-state index contributed by atoms with van der Waals surface area (Å²) in [4.78, 5) is 47.2. The van der Waals surface area contributed by atoms with Crippen molar-refractivity contribution >= 4 is 66.6 Å². The number of halogens is 1. The molecule has 0 saturated carbocycles. The van der Waals surface area contributed by atoms with E-state index in [1.807, 2.05) is 42.3 Å². The summed E-state index contributed by atoms with van der Waals surface area (Å²) in [6.07, 6.45) is 3.60. The Hall–Kier alpha value is -3.23. The molecule has 0 bridgehead atoms. The van der Waals surface area contributed by atoms with Crippen molar-refractivity contribution in [1.82, 2.24) is 24.3 Å². The fraction of sp³-hybridized carbons (Fsp3) is 0.469. The molecule has 14 heteroatoms. The van der Waals surface area contributed by atoms with Crippen molar-refractivity contribution in [3.63, 3.8) is 0 Å². The molecule has 3 atom stereocenters. The third-order valence-corrected chi connectivity index (χ3v) is 12.5. The van der Waals surface area contributed by atoms with Crippen LogP contribution in [0.15, 0.2) is 58.8 Å². The second kappa shape index (κ2) is 13.9. The minimum absolute atomic E-state index is 0.0327. The number of carbonyl (C=O) groups excluding carboxylic acids is 3. The monoisotopic (exact) mass is 686 g/mol. The van der Waals surface area contributed by atoms with Gasteiger partial charge < -0.3 is 20.0 Å². The molecular weight excluding hydrogens is 648 g/mol. The van der Waals surface area contributed by atoms with Gasteiger partial charge in [-0.1, -0.05) is 29.8 Å². The van der Waals surface area contributed by atoms with Gasteiger partial charge in [0.25, 0.3) is 10.0 Å². The number of likely N-dealkylation sites (N-methyl/N-ethyl adjacent to an activating group) is 1. The van der Waals surface area contributed by atoms with E-state index < -0.39 is 16.1 Å². The van der Waals surface area contributed by atoms with E-state index in [1.54, 1.807) is 29.2 Å². The molecule has 246 valence electrons. The molecule has 1 aromatic heterocycles. The van der Waals surface area contributed by atoms with Crippen LogP contribution in [-0.2, 0) is 19.6 Å². The number of carbonyl (C=O) groups is 3. The minimum atomic E-state index is -3.94. The lowest BCUT2D eigenvalue weighted by Crippen LogP contribution is -2.55. The van der Waals surface area contributed by atoms with Crippen molar-refractivity contribution in [1.29, 1.82) is 0 Å². The molecule has 4 amide bonds. The maximum atomic E-state index is 13.5. The van der Waals surface area contributed by atoms with E-state index in [2.05, 4.69) is 14.9 Å². The van der Waals surface area contributed by atoms with Crippen LogP contribution < -0.4 is 10.0 Å². The van der Waals surface area contributed by atoms with Crippen LogP contribution in [0.25, 0.3) is 10.1 Å². The first-order valence-electron chi connectivity index (χ1n) is 15.7. The van der Waals surface area contributed by atoms with Crippen LogP contribution in [0.5, 0.6) is 0 Å². The highest BCUT2D eigenvalue weighted by molar-refractivity contribution is 7.91. The fourth-order valence-electron chi connectivity index (χ4n) is 6.67. The second-order valence-corrected chi connectivity index (χ2v) is 15.8. The lowest BCUT2D eigenvalue weighted by molar-refractivity contribution is -0.143. The number of fused-ring (bicyclic) bond motifs is 1. The number of anilines is 1. The quantitative estimate of drug-likeness (QED) is 0.350. The first-order chi connectivity index (χ1) is 22.1. The van der Waals surface area contributed by atoms with Crippen LogP contribution in [0.1, 0.15) is 32.1 Å². The summed E-state index contributed by atoms with van der Waals surface area (Å²) in [7, 11) is -2.12. The van der Waals surface area contributed by atoms with E-state index >= 15 is 0 Å². The number of nitrogens with one attached hydrogen (secondary N) is 2. The van der Waals surface area contributed by atoms with Crippen molar-refractivity contribution in [3.8, 4) is 0 Å². The summed E-state index contributed by atoms with van der Waals surface area (Å²) in [5.41, 5.74) is 0.757. The maximum absolute atomic E-state index is 13.5. The second-order valence-electron chi connectivity index (χ2n) is 12.3. The van der Waals surface area contributed by atoms with E-state index in [0.29, 0.717) is 37.5 Å². The number of urea groups is 1. The molecule has 3 fully saturated rings. The zero-order valence-electron chi connectivity index (χ0n) is 25.7. The Morgan fingerprint density at radius 2 is 1.80 bits per heavy atom. The minimum Gasteiger partial charge on any atom is -0.337 e. The average Bonchev–Trinajstić information content (AvgIpc) is 3.80. The molecule has 2 N–H and O–H groups in total. The van der Waals surface area contributed by atoms with Crippen molar-refractivity contribution in [2.24, 2.45) is 0 Å². The number of sulfonamides is 1. The van der Waals surface area contributed by atoms with Crippen molar-refractivity contribution in [2.75, 3.05) is 51.6 Å². The predicted octanol–water partition coefficient (Wildman–Crippen LogP) is 4.05. The van der Waals surface area contributed by atoms with Gasteiger partial charge in [0.2, 0.25) is 11.8 Å². The number of piperidine rings is 1. The highest BCUT2D eigenvalue weighted by atomic mass is 35.5. The van der Waals surface area contributed by atoms with Gasteiger partial charge in [0, 0.05) is 67.3 Å². The number of amides is 4. The molecule has 6 rings (SSSR count). The van der Waals surface area contributed by atoms with E-state index in [0.717, 1.165) is 59.5 Å². The molecule has 4 heterocycles. The number of rotatable bonds is 9. The number of benzene rings is 2. The van der Waals surface area contributed by atoms with Gasteiger partial charge >= 0.3 is 6.03 Å². The lowest BCUT2D eigenvalue weighted by atomic mass is 10.1. The number of thiophene rings is 1. The van der Waals surface area contributed by atoms with Gasteiger partial charge in [0.1, 0.15) is 10.3 Å². The van der Waals surface area contributed by atoms with Gasteiger partial charge in [0.05, 0.1) is 6.54 Å². The summed E-state index contributed by atoms with van der Waals surface area (Å²) >= 11 is 7.19. The predicted molar refractivity (Wildman–Crippen MR) is 180 cm³/mol. The summed E-state index contributed by atoms with van der Waals surface area (Å²) in [6.45, 7) is 3.26. The zero-order chi connectivity index (χ0) is 32.4. The molecule has 0 radical (unpaired) electrons. The first kappa shape index (κ1) is 32.7. The molecule has 46 heavy (non-hydrogen) atoms. The smallest absolute Gasteiger partial charge is 0.321 e. The third kappa shape index (κ3) is 7.33. The standard InChI is InChI=1S/C32H39ClN6O5S2/c1-36(32(42)34-24-7-3-2-4-8-24)25-13-16-37(19-25)20-26-9-5-15-39(26)29(40)21-38-14-6-10-27(31(38)41)35-46(43,44)30-18-22-17-23(33)11-12-28(22)45-30/h2-4,7-8,11-12,17-18,25-27,35H,5-6,9-10,13-16,19-21H2,1H3,(H,34,42)/t25?,26-,27-/m0/s1. The normalized spacial score (nSPS) is 22.5. The number of likely N-dealkylation sites (tertiary alicyclic amines) is 3. The Balaban J connectivity index is 1.01. The van der Waals surface area contributed by atoms with Gasteiger partial charge in [0.15, 0.2) is 0 Å². The van der Waals surface area contributed by atoms with Crippen LogP contribution in [0.3, 0.4) is 0 Å². The fourth-order valence-corrected chi connectivity index (χ4v) is 9.47. The number of hydrogen-bond donors (Lipinski definition) is 2. The maximum Gasteiger partial charge on any atom is 0.321 e. The van der Waals surface area contributed by atoms with E-state index in [9.17, 15) is 22.8 Å². The number of para-hydroxylation sites is 1. The summed E-state index contributed by atoms with van der Waals surface area (Å²) in [5, 5.41) is 4.19. The molecule has 2 aromatic carbocycles. The van der Waals surface area contributed by atoms with Crippen LogP contribution in [-0.4, -0.2) is 110 Å². The van der Waals surface area contributed by atoms with Crippen LogP contribution in [0.4, 0.5) is 10.5 Å². The molecule has 3 aliphatic heterocycles. The highest BCUT2D eigenvalue weighted by Gasteiger charge is 2.38. The summed E-state index contributed by atoms with van der Waals surface area (Å²) < 4.78 is 30.0. The van der Waals surface area contributed by atoms with Gasteiger partial charge in [-0.25, -0.2) is 13.2 Å². The Kier molecular flexibility index (Phi) is 9.85.